The van der Waals surface area contributed by atoms with E-state index in [2.05, 4.69) is 15.3 Å². The summed E-state index contributed by atoms with van der Waals surface area (Å²) in [5, 5.41) is 13.9. The number of hydrogen-bond acceptors (Lipinski definition) is 4. The lowest BCUT2D eigenvalue weighted by atomic mass is 10.1. The van der Waals surface area contributed by atoms with Crippen molar-refractivity contribution in [2.75, 3.05) is 0 Å². The minimum atomic E-state index is -4.37. The molecule has 0 amide bonds. The van der Waals surface area contributed by atoms with E-state index in [0.29, 0.717) is 26.4 Å². The summed E-state index contributed by atoms with van der Waals surface area (Å²) in [6.07, 6.45) is -1.13. The van der Waals surface area contributed by atoms with Crippen molar-refractivity contribution in [3.8, 4) is 11.4 Å². The first-order valence-corrected chi connectivity index (χ1v) is 8.93. The molecule has 0 unspecified atom stereocenters. The molecule has 4 aromatic rings. The van der Waals surface area contributed by atoms with Crippen LogP contribution in [0.3, 0.4) is 0 Å². The molecule has 4 rings (SSSR count). The lowest BCUT2D eigenvalue weighted by Gasteiger charge is -2.06. The monoisotopic (exact) mass is 406 g/mol. The first-order valence-electron chi connectivity index (χ1n) is 7.74. The van der Waals surface area contributed by atoms with Gasteiger partial charge >= 0.3 is 6.18 Å². The minimum Gasteiger partial charge on any atom is -0.182 e. The predicted octanol–water partition coefficient (Wildman–Crippen LogP) is 5.70. The van der Waals surface area contributed by atoms with Crippen LogP contribution in [-0.4, -0.2) is 19.8 Å². The average molecular weight is 407 g/mol. The summed E-state index contributed by atoms with van der Waals surface area (Å²) in [6.45, 7) is 0. The van der Waals surface area contributed by atoms with E-state index in [-0.39, 0.29) is 0 Å². The molecular weight excluding hydrogens is 397 g/mol. The highest BCUT2D eigenvalue weighted by Gasteiger charge is 2.30. The Labute approximate surface area is 160 Å². The van der Waals surface area contributed by atoms with Crippen LogP contribution in [0.2, 0.25) is 5.02 Å². The van der Waals surface area contributed by atoms with Gasteiger partial charge in [-0.1, -0.05) is 41.1 Å². The Balaban J connectivity index is 1.64. The van der Waals surface area contributed by atoms with Crippen molar-refractivity contribution in [1.82, 2.24) is 19.8 Å². The second kappa shape index (κ2) is 6.79. The molecule has 0 atom stereocenters. The molecule has 0 spiro atoms. The van der Waals surface area contributed by atoms with Gasteiger partial charge in [0.2, 0.25) is 4.96 Å². The molecule has 0 radical (unpaired) electrons. The van der Waals surface area contributed by atoms with Crippen molar-refractivity contribution >= 4 is 40.1 Å². The number of benzene rings is 2. The molecule has 0 saturated carbocycles. The standard InChI is InChI=1S/C18H10ClF3N4S/c19-14-7-5-12(6-8-14)16-23-24-17-26(16)25-15(27-17)9-4-11-2-1-3-13(10-11)18(20,21)22/h1-10H. The predicted molar refractivity (Wildman–Crippen MR) is 99.5 cm³/mol. The van der Waals surface area contributed by atoms with Crippen molar-refractivity contribution in [2.45, 2.75) is 6.18 Å². The van der Waals surface area contributed by atoms with E-state index < -0.39 is 11.7 Å². The Kier molecular flexibility index (Phi) is 4.45. The quantitative estimate of drug-likeness (QED) is 0.438. The van der Waals surface area contributed by atoms with E-state index in [9.17, 15) is 13.2 Å². The van der Waals surface area contributed by atoms with E-state index in [0.717, 1.165) is 17.7 Å². The summed E-state index contributed by atoms with van der Waals surface area (Å²) in [6, 6.07) is 12.2. The molecule has 136 valence electrons. The third-order valence-corrected chi connectivity index (χ3v) is 4.86. The Hall–Kier alpha value is -2.71. The molecule has 9 heteroatoms. The van der Waals surface area contributed by atoms with Crippen LogP contribution in [0.1, 0.15) is 16.1 Å². The number of aromatic nitrogens is 4. The van der Waals surface area contributed by atoms with Crippen LogP contribution >= 0.6 is 22.9 Å². The number of hydrogen-bond donors (Lipinski definition) is 0. The van der Waals surface area contributed by atoms with Crippen LogP contribution in [0, 0.1) is 0 Å². The van der Waals surface area contributed by atoms with Crippen LogP contribution < -0.4 is 0 Å². The molecule has 4 nitrogen and oxygen atoms in total. The smallest absolute Gasteiger partial charge is 0.182 e. The largest absolute Gasteiger partial charge is 0.416 e. The molecular formula is C18H10ClF3N4S. The molecule has 2 heterocycles. The van der Waals surface area contributed by atoms with Crippen molar-refractivity contribution in [3.63, 3.8) is 0 Å². The highest BCUT2D eigenvalue weighted by Crippen LogP contribution is 2.30. The second-order valence-corrected chi connectivity index (χ2v) is 7.05. The number of halogens is 4. The lowest BCUT2D eigenvalue weighted by molar-refractivity contribution is -0.137. The number of rotatable bonds is 3. The fraction of sp³-hybridized carbons (Fsp3) is 0.0556. The summed E-state index contributed by atoms with van der Waals surface area (Å²) >= 11 is 7.19. The van der Waals surface area contributed by atoms with Crippen molar-refractivity contribution in [2.24, 2.45) is 0 Å². The first kappa shape index (κ1) is 17.7. The zero-order valence-electron chi connectivity index (χ0n) is 13.5. The van der Waals surface area contributed by atoms with E-state index in [4.69, 9.17) is 11.6 Å². The number of fused-ring (bicyclic) bond motifs is 1. The van der Waals surface area contributed by atoms with Gasteiger partial charge in [0.25, 0.3) is 0 Å². The molecule has 2 aromatic heterocycles. The zero-order chi connectivity index (χ0) is 19.0. The van der Waals surface area contributed by atoms with Gasteiger partial charge < -0.3 is 0 Å². The molecule has 0 aliphatic rings. The van der Waals surface area contributed by atoms with Crippen LogP contribution in [-0.2, 0) is 6.18 Å². The topological polar surface area (TPSA) is 43.1 Å². The second-order valence-electron chi connectivity index (χ2n) is 5.62. The number of nitrogens with zero attached hydrogens (tertiary/aromatic N) is 4. The van der Waals surface area contributed by atoms with Gasteiger partial charge in [-0.2, -0.15) is 22.8 Å². The maximum Gasteiger partial charge on any atom is 0.416 e. The van der Waals surface area contributed by atoms with Gasteiger partial charge in [-0.3, -0.25) is 0 Å². The Morgan fingerprint density at radius 1 is 1.00 bits per heavy atom. The Bertz CT molecular complexity index is 1130. The maximum atomic E-state index is 12.8. The van der Waals surface area contributed by atoms with E-state index in [1.54, 1.807) is 34.9 Å². The molecule has 0 N–H and O–H groups in total. The number of alkyl halides is 3. The summed E-state index contributed by atoms with van der Waals surface area (Å²) < 4.78 is 40.0. The lowest BCUT2D eigenvalue weighted by Crippen LogP contribution is -2.04. The average Bonchev–Trinajstić information content (AvgIpc) is 3.21. The van der Waals surface area contributed by atoms with Crippen LogP contribution in [0.5, 0.6) is 0 Å². The molecule has 0 aliphatic heterocycles. The molecule has 0 saturated heterocycles. The summed E-state index contributed by atoms with van der Waals surface area (Å²) in [7, 11) is 0. The van der Waals surface area contributed by atoms with Crippen LogP contribution in [0.15, 0.2) is 48.5 Å². The highest BCUT2D eigenvalue weighted by atomic mass is 35.5. The summed E-state index contributed by atoms with van der Waals surface area (Å²) in [5.74, 6) is 0.566. The van der Waals surface area contributed by atoms with Gasteiger partial charge in [0.1, 0.15) is 5.01 Å². The van der Waals surface area contributed by atoms with Gasteiger partial charge in [0.15, 0.2) is 5.82 Å². The fourth-order valence-electron chi connectivity index (χ4n) is 2.46. The van der Waals surface area contributed by atoms with Crippen LogP contribution in [0.25, 0.3) is 28.5 Å². The zero-order valence-corrected chi connectivity index (χ0v) is 15.1. The molecule has 27 heavy (non-hydrogen) atoms. The van der Waals surface area contributed by atoms with E-state index in [1.165, 1.54) is 17.4 Å². The normalized spacial score (nSPS) is 12.3. The van der Waals surface area contributed by atoms with Gasteiger partial charge in [-0.15, -0.1) is 10.2 Å². The first-order chi connectivity index (χ1) is 12.9. The maximum absolute atomic E-state index is 12.8. The van der Waals surface area contributed by atoms with Gasteiger partial charge in [-0.25, -0.2) is 0 Å². The fourth-order valence-corrected chi connectivity index (χ4v) is 3.33. The Morgan fingerprint density at radius 3 is 2.52 bits per heavy atom. The van der Waals surface area contributed by atoms with Gasteiger partial charge in [0, 0.05) is 10.6 Å². The third kappa shape index (κ3) is 3.72. The van der Waals surface area contributed by atoms with E-state index >= 15 is 0 Å². The molecule has 0 fully saturated rings. The highest BCUT2D eigenvalue weighted by molar-refractivity contribution is 7.17. The SMILES string of the molecule is FC(F)(F)c1cccc(C=Cc2nn3c(-c4ccc(Cl)cc4)nnc3s2)c1. The minimum absolute atomic E-state index is 0.439. The Morgan fingerprint density at radius 2 is 1.78 bits per heavy atom. The third-order valence-electron chi connectivity index (χ3n) is 3.74. The molecule has 2 aromatic carbocycles. The van der Waals surface area contributed by atoms with Crippen molar-refractivity contribution in [1.29, 1.82) is 0 Å². The van der Waals surface area contributed by atoms with Crippen LogP contribution in [0.4, 0.5) is 13.2 Å². The van der Waals surface area contributed by atoms with Gasteiger partial charge in [-0.05, 0) is 48.0 Å². The van der Waals surface area contributed by atoms with Crippen molar-refractivity contribution in [3.05, 3.63) is 69.7 Å². The molecule has 0 bridgehead atoms. The van der Waals surface area contributed by atoms with Crippen molar-refractivity contribution < 1.29 is 13.2 Å². The summed E-state index contributed by atoms with van der Waals surface area (Å²) in [4.78, 5) is 0.587. The van der Waals surface area contributed by atoms with E-state index in [1.807, 2.05) is 12.1 Å². The van der Waals surface area contributed by atoms with Gasteiger partial charge in [0.05, 0.1) is 5.56 Å². The summed E-state index contributed by atoms with van der Waals surface area (Å²) in [5.41, 5.74) is 0.562. The molecule has 0 aliphatic carbocycles.